The molecule has 1 aliphatic carbocycles. The zero-order valence-electron chi connectivity index (χ0n) is 14.0. The maximum absolute atomic E-state index is 6.17. The van der Waals surface area contributed by atoms with E-state index >= 15 is 0 Å². The van der Waals surface area contributed by atoms with Gasteiger partial charge in [0.15, 0.2) is 17.2 Å². The quantitative estimate of drug-likeness (QED) is 0.809. The molecule has 2 aromatic rings. The van der Waals surface area contributed by atoms with Gasteiger partial charge < -0.3 is 9.64 Å². The van der Waals surface area contributed by atoms with Crippen LogP contribution in [0.4, 0.5) is 5.82 Å². The first-order valence-corrected chi connectivity index (χ1v) is 8.20. The molecule has 2 aromatic heterocycles. The van der Waals surface area contributed by atoms with E-state index in [2.05, 4.69) is 44.6 Å². The predicted molar refractivity (Wildman–Crippen MR) is 86.7 cm³/mol. The van der Waals surface area contributed by atoms with Crippen molar-refractivity contribution in [3.05, 3.63) is 18.0 Å². The average Bonchev–Trinajstić information content (AvgIpc) is 2.80. The van der Waals surface area contributed by atoms with E-state index in [0.717, 1.165) is 23.6 Å². The van der Waals surface area contributed by atoms with Gasteiger partial charge in [-0.15, -0.1) is 0 Å². The Morgan fingerprint density at radius 3 is 2.64 bits per heavy atom. The fraction of sp³-hybridized carbons (Fsp3) is 0.647. The highest BCUT2D eigenvalue weighted by atomic mass is 16.5. The van der Waals surface area contributed by atoms with Gasteiger partial charge in [0.05, 0.1) is 18.4 Å². The molecule has 0 bridgehead atoms. The van der Waals surface area contributed by atoms with Crippen LogP contribution in [0.3, 0.4) is 0 Å². The summed E-state index contributed by atoms with van der Waals surface area (Å²) in [5.74, 6) is 2.25. The number of nitrogens with zero attached hydrogens (tertiary/aromatic N) is 4. The van der Waals surface area contributed by atoms with Crippen LogP contribution >= 0.6 is 0 Å². The van der Waals surface area contributed by atoms with Crippen molar-refractivity contribution < 1.29 is 4.74 Å². The molecule has 0 saturated heterocycles. The van der Waals surface area contributed by atoms with Crippen LogP contribution in [0.25, 0.3) is 5.65 Å². The SMILES string of the molecule is CC(C)c1cnn2cc3c(nc12)N(C(C)(C)C)[C@H]1CC[C@H]1O3. The molecule has 3 heterocycles. The zero-order chi connectivity index (χ0) is 15.6. The Morgan fingerprint density at radius 1 is 1.27 bits per heavy atom. The molecule has 0 amide bonds. The number of hydrogen-bond acceptors (Lipinski definition) is 4. The van der Waals surface area contributed by atoms with E-state index in [1.54, 1.807) is 0 Å². The molecule has 5 nitrogen and oxygen atoms in total. The Bertz CT molecular complexity index is 728. The number of hydrogen-bond donors (Lipinski definition) is 0. The normalized spacial score (nSPS) is 24.0. The Hall–Kier alpha value is -1.78. The summed E-state index contributed by atoms with van der Waals surface area (Å²) in [7, 11) is 0. The molecule has 0 unspecified atom stereocenters. The van der Waals surface area contributed by atoms with Crippen molar-refractivity contribution in [1.29, 1.82) is 0 Å². The molecule has 1 aliphatic heterocycles. The topological polar surface area (TPSA) is 42.7 Å². The van der Waals surface area contributed by atoms with E-state index < -0.39 is 0 Å². The minimum absolute atomic E-state index is 0.0330. The van der Waals surface area contributed by atoms with Gasteiger partial charge in [-0.1, -0.05) is 13.8 Å². The van der Waals surface area contributed by atoms with E-state index in [1.807, 2.05) is 16.9 Å². The fourth-order valence-electron chi connectivity index (χ4n) is 3.59. The highest BCUT2D eigenvalue weighted by Gasteiger charge is 2.47. The molecule has 22 heavy (non-hydrogen) atoms. The lowest BCUT2D eigenvalue weighted by atomic mass is 9.83. The summed E-state index contributed by atoms with van der Waals surface area (Å²) in [6.45, 7) is 11.1. The molecular formula is C17H24N4O. The van der Waals surface area contributed by atoms with Crippen molar-refractivity contribution in [1.82, 2.24) is 14.6 Å². The van der Waals surface area contributed by atoms with Gasteiger partial charge in [-0.2, -0.15) is 5.10 Å². The number of ether oxygens (including phenoxy) is 1. The Kier molecular flexibility index (Phi) is 2.75. The van der Waals surface area contributed by atoms with Gasteiger partial charge in [-0.25, -0.2) is 9.50 Å². The van der Waals surface area contributed by atoms with Crippen LogP contribution in [0.2, 0.25) is 0 Å². The first-order chi connectivity index (χ1) is 10.4. The van der Waals surface area contributed by atoms with Crippen molar-refractivity contribution in [3.63, 3.8) is 0 Å². The first kappa shape index (κ1) is 13.9. The Labute approximate surface area is 131 Å². The van der Waals surface area contributed by atoms with Crippen LogP contribution in [-0.4, -0.2) is 32.3 Å². The van der Waals surface area contributed by atoms with E-state index in [4.69, 9.17) is 9.72 Å². The largest absolute Gasteiger partial charge is 0.483 e. The molecule has 2 atom stereocenters. The third kappa shape index (κ3) is 1.84. The molecule has 0 radical (unpaired) electrons. The molecule has 0 N–H and O–H groups in total. The molecule has 0 spiro atoms. The van der Waals surface area contributed by atoms with E-state index in [9.17, 15) is 0 Å². The van der Waals surface area contributed by atoms with Gasteiger partial charge in [0, 0.05) is 11.1 Å². The zero-order valence-corrected chi connectivity index (χ0v) is 14.0. The number of fused-ring (bicyclic) bond motifs is 3. The predicted octanol–water partition coefficient (Wildman–Crippen LogP) is 3.38. The van der Waals surface area contributed by atoms with Crippen LogP contribution in [0, 0.1) is 0 Å². The Morgan fingerprint density at radius 2 is 2.05 bits per heavy atom. The summed E-state index contributed by atoms with van der Waals surface area (Å²) in [6, 6.07) is 0.452. The van der Waals surface area contributed by atoms with Gasteiger partial charge >= 0.3 is 0 Å². The summed E-state index contributed by atoms with van der Waals surface area (Å²) in [5, 5.41) is 4.45. The third-order valence-corrected chi connectivity index (χ3v) is 4.83. The third-order valence-electron chi connectivity index (χ3n) is 4.83. The van der Waals surface area contributed by atoms with Crippen LogP contribution in [0.15, 0.2) is 12.4 Å². The maximum Gasteiger partial charge on any atom is 0.180 e. The summed E-state index contributed by atoms with van der Waals surface area (Å²) >= 11 is 0. The molecule has 1 saturated carbocycles. The fourth-order valence-corrected chi connectivity index (χ4v) is 3.59. The molecule has 5 heteroatoms. The highest BCUT2D eigenvalue weighted by molar-refractivity contribution is 5.63. The molecular weight excluding hydrogens is 276 g/mol. The van der Waals surface area contributed by atoms with Crippen molar-refractivity contribution in [2.24, 2.45) is 0 Å². The van der Waals surface area contributed by atoms with Gasteiger partial charge in [0.1, 0.15) is 6.10 Å². The number of rotatable bonds is 1. The van der Waals surface area contributed by atoms with Crippen LogP contribution < -0.4 is 9.64 Å². The lowest BCUT2D eigenvalue weighted by molar-refractivity contribution is 0.0617. The first-order valence-electron chi connectivity index (χ1n) is 8.20. The highest BCUT2D eigenvalue weighted by Crippen LogP contribution is 2.45. The van der Waals surface area contributed by atoms with E-state index in [1.165, 1.54) is 12.0 Å². The van der Waals surface area contributed by atoms with Crippen molar-refractivity contribution in [2.75, 3.05) is 4.90 Å². The van der Waals surface area contributed by atoms with Gasteiger partial charge in [-0.3, -0.25) is 0 Å². The molecule has 0 aromatic carbocycles. The summed E-state index contributed by atoms with van der Waals surface area (Å²) in [6.07, 6.45) is 6.53. The number of anilines is 1. The summed E-state index contributed by atoms with van der Waals surface area (Å²) in [4.78, 5) is 7.42. The lowest BCUT2D eigenvalue weighted by Crippen LogP contribution is -2.62. The van der Waals surface area contributed by atoms with Crippen molar-refractivity contribution in [3.8, 4) is 5.75 Å². The summed E-state index contributed by atoms with van der Waals surface area (Å²) in [5.41, 5.74) is 2.17. The second kappa shape index (κ2) is 4.37. The van der Waals surface area contributed by atoms with Gasteiger partial charge in [-0.05, 0) is 39.5 Å². The minimum atomic E-state index is 0.0330. The average molecular weight is 300 g/mol. The molecule has 1 fully saturated rings. The standard InChI is InChI=1S/C17H24N4O/c1-10(2)11-8-18-20-9-14-16(19-15(11)20)21(17(3,4)5)12-6-7-13(12)22-14/h8-10,12-13H,6-7H2,1-5H3/t12-,13+/m0/s1. The van der Waals surface area contributed by atoms with E-state index in [-0.39, 0.29) is 5.54 Å². The molecule has 4 rings (SSSR count). The maximum atomic E-state index is 6.17. The van der Waals surface area contributed by atoms with Gasteiger partial charge in [0.2, 0.25) is 0 Å². The monoisotopic (exact) mass is 300 g/mol. The van der Waals surface area contributed by atoms with Gasteiger partial charge in [0.25, 0.3) is 0 Å². The van der Waals surface area contributed by atoms with Crippen LogP contribution in [-0.2, 0) is 0 Å². The minimum Gasteiger partial charge on any atom is -0.483 e. The molecule has 118 valence electrons. The van der Waals surface area contributed by atoms with Crippen molar-refractivity contribution in [2.45, 2.75) is 71.1 Å². The molecule has 2 aliphatic rings. The van der Waals surface area contributed by atoms with Crippen LogP contribution in [0.1, 0.15) is 58.9 Å². The number of aromatic nitrogens is 3. The van der Waals surface area contributed by atoms with E-state index in [0.29, 0.717) is 18.1 Å². The second-order valence-corrected chi connectivity index (χ2v) is 7.79. The second-order valence-electron chi connectivity index (χ2n) is 7.79. The van der Waals surface area contributed by atoms with Crippen molar-refractivity contribution >= 4 is 11.5 Å². The Balaban J connectivity index is 1.92. The lowest BCUT2D eigenvalue weighted by Gasteiger charge is -2.53. The van der Waals surface area contributed by atoms with Crippen LogP contribution in [0.5, 0.6) is 5.75 Å². The summed E-state index contributed by atoms with van der Waals surface area (Å²) < 4.78 is 8.02. The smallest absolute Gasteiger partial charge is 0.180 e.